The fraction of sp³-hybridized carbons (Fsp3) is 0.639. The number of esters is 2. The van der Waals surface area contributed by atoms with Crippen LogP contribution in [0.15, 0.2) is 36.5 Å². The molecule has 6 aliphatic rings. The van der Waals surface area contributed by atoms with Crippen molar-refractivity contribution in [2.45, 2.75) is 52.4 Å². The summed E-state index contributed by atoms with van der Waals surface area (Å²) in [5, 5.41) is 17.0. The van der Waals surface area contributed by atoms with Crippen molar-refractivity contribution >= 4 is 64.3 Å². The number of thiol groups is 1. The number of carbonyl (C=O) groups is 5. The molecule has 0 heterocycles. The number of rotatable bonds is 10. The lowest BCUT2D eigenvalue weighted by molar-refractivity contribution is -0.149. The molecule has 9 nitrogen and oxygen atoms in total. The molecule has 6 aliphatic carbocycles. The molecule has 0 aromatic heterocycles. The summed E-state index contributed by atoms with van der Waals surface area (Å²) < 4.78 is 16.0. The fourth-order valence-corrected chi connectivity index (χ4v) is 7.97. The van der Waals surface area contributed by atoms with E-state index in [1.807, 2.05) is 0 Å². The van der Waals surface area contributed by atoms with Gasteiger partial charge in [0, 0.05) is 31.1 Å². The maximum atomic E-state index is 11.7. The Hall–Kier alpha value is -2.46. The van der Waals surface area contributed by atoms with Crippen LogP contribution in [0.2, 0.25) is 0 Å². The van der Waals surface area contributed by atoms with Gasteiger partial charge in [-0.3, -0.25) is 24.0 Å². The molecule has 0 radical (unpaired) electrons. The summed E-state index contributed by atoms with van der Waals surface area (Å²) in [4.78, 5) is 54.5. The predicted molar refractivity (Wildman–Crippen MR) is 193 cm³/mol. The first-order valence-electron chi connectivity index (χ1n) is 16.9. The van der Waals surface area contributed by atoms with Gasteiger partial charge in [-0.05, 0) is 74.0 Å². The molecular formula is C36H50O9S3. The average molecular weight is 724 g/mol. The van der Waals surface area contributed by atoms with Gasteiger partial charge in [0.1, 0.15) is 14.6 Å². The highest BCUT2D eigenvalue weighted by Crippen LogP contribution is 2.45. The smallest absolute Gasteiger partial charge is 0.309 e. The molecule has 0 aromatic carbocycles. The lowest BCUT2D eigenvalue weighted by atomic mass is 9.94. The van der Waals surface area contributed by atoms with E-state index < -0.39 is 5.97 Å². The maximum Gasteiger partial charge on any atom is 0.309 e. The van der Waals surface area contributed by atoms with E-state index in [9.17, 15) is 24.0 Å². The van der Waals surface area contributed by atoms with E-state index in [2.05, 4.69) is 55.5 Å². The second-order valence-corrected chi connectivity index (χ2v) is 15.5. The number of carbonyl (C=O) groups excluding carboxylic acids is 4. The van der Waals surface area contributed by atoms with Crippen molar-refractivity contribution < 1.29 is 45.0 Å². The van der Waals surface area contributed by atoms with Gasteiger partial charge in [-0.15, -0.1) is 12.8 Å². The van der Waals surface area contributed by atoms with Crippen molar-refractivity contribution in [3.05, 3.63) is 36.5 Å². The summed E-state index contributed by atoms with van der Waals surface area (Å²) in [7, 11) is 0. The monoisotopic (exact) mass is 723 g/mol. The standard InChI is InChI=1S/C12H16O3S.C10H14O2S.C8H10O2.C4H8O2S.C2H2/c1-8(13)16-5-4-15-12(14)11-7-9-2-3-10(11)6-9;11-10(12-3-4-13)9-6-7-1-2-8(9)5-7;9-8(10)7-4-5-1-2-6(7)3-5;1-4(6)7-3-2-5;1-2/h2-3,9-11H,4-7H2,1H3;1-2,7-9,13H,3-6H2;1-2,5-7H,3-4H2,(H,9,10);5H,2-3H2,1H3;1-2H/i;;;;1D. The van der Waals surface area contributed by atoms with E-state index in [1.165, 1.54) is 32.0 Å². The molecule has 3 saturated carbocycles. The van der Waals surface area contributed by atoms with Gasteiger partial charge in [0.25, 0.3) is 0 Å². The van der Waals surface area contributed by atoms with Crippen LogP contribution in [-0.4, -0.2) is 75.4 Å². The average Bonchev–Trinajstić information content (AvgIpc) is 3.94. The van der Waals surface area contributed by atoms with Gasteiger partial charge in [0.2, 0.25) is 0 Å². The number of thioether (sulfide) groups is 2. The Morgan fingerprint density at radius 2 is 1.12 bits per heavy atom. The van der Waals surface area contributed by atoms with Crippen LogP contribution in [0.1, 0.15) is 53.7 Å². The Balaban J connectivity index is 0.000000229. The molecule has 3 fully saturated rings. The van der Waals surface area contributed by atoms with Gasteiger partial charge in [-0.2, -0.15) is 12.6 Å². The SMILES string of the molecule is CC(=O)SCCO.CC(=O)SCCOC(=O)C1CC2C=CC1C2.O=C(O)C1CC2C=CC1C2.O=C(OCCS)C1CC2C=CC1C2.[2H]C#C. The first-order valence-corrected chi connectivity index (χ1v) is 19.0. The van der Waals surface area contributed by atoms with Crippen LogP contribution in [0, 0.1) is 66.1 Å². The third-order valence-corrected chi connectivity index (χ3v) is 10.9. The molecule has 6 bridgehead atoms. The van der Waals surface area contributed by atoms with Crippen LogP contribution in [-0.2, 0) is 33.4 Å². The van der Waals surface area contributed by atoms with Crippen LogP contribution in [0.25, 0.3) is 0 Å². The predicted octanol–water partition coefficient (Wildman–Crippen LogP) is 5.48. The molecular weight excluding hydrogens is 673 g/mol. The molecule has 266 valence electrons. The van der Waals surface area contributed by atoms with Crippen LogP contribution in [0.5, 0.6) is 0 Å². The zero-order valence-corrected chi connectivity index (χ0v) is 30.3. The highest BCUT2D eigenvalue weighted by atomic mass is 32.2. The highest BCUT2D eigenvalue weighted by Gasteiger charge is 2.42. The van der Waals surface area contributed by atoms with E-state index >= 15 is 0 Å². The van der Waals surface area contributed by atoms with Crippen LogP contribution >= 0.6 is 36.2 Å². The highest BCUT2D eigenvalue weighted by molar-refractivity contribution is 8.13. The Labute approximate surface area is 300 Å². The first-order chi connectivity index (χ1) is 23.4. The summed E-state index contributed by atoms with van der Waals surface area (Å²) in [5.74, 6) is 4.12. The quantitative estimate of drug-likeness (QED) is 0.0866. The second kappa shape index (κ2) is 22.3. The first kappa shape index (κ1) is 40.0. The Morgan fingerprint density at radius 3 is 1.40 bits per heavy atom. The zero-order valence-electron chi connectivity index (χ0n) is 28.7. The molecule has 6 rings (SSSR count). The summed E-state index contributed by atoms with van der Waals surface area (Å²) in [6.07, 6.45) is 24.9. The van der Waals surface area contributed by atoms with E-state index in [-0.39, 0.29) is 46.5 Å². The molecule has 12 heteroatoms. The van der Waals surface area contributed by atoms with Crippen LogP contribution in [0.3, 0.4) is 0 Å². The molecule has 0 spiro atoms. The second-order valence-electron chi connectivity index (χ2n) is 12.5. The molecule has 0 aromatic rings. The molecule has 0 amide bonds. The number of aliphatic carboxylic acids is 1. The number of terminal acetylenes is 1. The number of hydrogen-bond donors (Lipinski definition) is 3. The minimum Gasteiger partial charge on any atom is -0.481 e. The molecule has 48 heavy (non-hydrogen) atoms. The fourth-order valence-electron chi connectivity index (χ4n) is 7.05. The minimum absolute atomic E-state index is 0.0223. The number of carboxylic acids is 1. The van der Waals surface area contributed by atoms with Gasteiger partial charge < -0.3 is 19.7 Å². The zero-order chi connectivity index (χ0) is 36.3. The van der Waals surface area contributed by atoms with Gasteiger partial charge in [0.15, 0.2) is 10.2 Å². The number of aliphatic hydroxyl groups is 1. The molecule has 0 aliphatic heterocycles. The van der Waals surface area contributed by atoms with Gasteiger partial charge in [-0.1, -0.05) is 60.0 Å². The van der Waals surface area contributed by atoms with Crippen molar-refractivity contribution in [1.82, 2.24) is 0 Å². The topological polar surface area (TPSA) is 144 Å². The lowest BCUT2D eigenvalue weighted by Gasteiger charge is -2.16. The van der Waals surface area contributed by atoms with E-state index in [4.69, 9.17) is 21.1 Å². The maximum absolute atomic E-state index is 11.7. The Kier molecular flexibility index (Phi) is 18.6. The van der Waals surface area contributed by atoms with Crippen LogP contribution in [0.4, 0.5) is 0 Å². The van der Waals surface area contributed by atoms with E-state index in [0.717, 1.165) is 50.3 Å². The Bertz CT molecular complexity index is 1250. The number of allylic oxidation sites excluding steroid dienone is 6. The normalized spacial score (nSPS) is 30.1. The van der Waals surface area contributed by atoms with Crippen molar-refractivity contribution in [1.29, 1.82) is 0 Å². The van der Waals surface area contributed by atoms with E-state index in [1.54, 1.807) is 0 Å². The summed E-state index contributed by atoms with van der Waals surface area (Å²) in [6.45, 7) is 3.89. The van der Waals surface area contributed by atoms with Crippen molar-refractivity contribution in [2.24, 2.45) is 53.3 Å². The third-order valence-electron chi connectivity index (χ3n) is 9.12. The van der Waals surface area contributed by atoms with Crippen molar-refractivity contribution in [3.63, 3.8) is 0 Å². The minimum atomic E-state index is -0.614. The largest absolute Gasteiger partial charge is 0.481 e. The number of hydrogen-bond acceptors (Lipinski definition) is 11. The van der Waals surface area contributed by atoms with E-state index in [0.29, 0.717) is 66.0 Å². The number of aliphatic hydroxyl groups excluding tert-OH is 1. The molecule has 2 N–H and O–H groups in total. The summed E-state index contributed by atoms with van der Waals surface area (Å²) in [5.41, 5.74) is 0. The van der Waals surface area contributed by atoms with Gasteiger partial charge in [0.05, 0.1) is 24.4 Å². The lowest BCUT2D eigenvalue weighted by Crippen LogP contribution is -2.22. The molecule has 0 saturated heterocycles. The van der Waals surface area contributed by atoms with Crippen LogP contribution < -0.4 is 0 Å². The molecule has 9 atom stereocenters. The Morgan fingerprint density at radius 1 is 0.729 bits per heavy atom. The van der Waals surface area contributed by atoms with Crippen molar-refractivity contribution in [2.75, 3.05) is 37.1 Å². The third kappa shape index (κ3) is 13.8. The van der Waals surface area contributed by atoms with Gasteiger partial charge in [-0.25, -0.2) is 0 Å². The molecule has 9 unspecified atom stereocenters. The number of carboxylic acid groups (broad SMARTS) is 1. The number of ether oxygens (including phenoxy) is 2. The summed E-state index contributed by atoms with van der Waals surface area (Å²) >= 11 is 6.34. The van der Waals surface area contributed by atoms with Gasteiger partial charge >= 0.3 is 17.9 Å². The number of fused-ring (bicyclic) bond motifs is 6. The van der Waals surface area contributed by atoms with Crippen molar-refractivity contribution in [3.8, 4) is 12.8 Å². The summed E-state index contributed by atoms with van der Waals surface area (Å²) in [6, 6.07) is 0.